The molecule has 3 rings (SSSR count). The van der Waals surface area contributed by atoms with Gasteiger partial charge in [0, 0.05) is 38.9 Å². The lowest BCUT2D eigenvalue weighted by atomic mass is 10.2. The number of aromatic nitrogens is 1. The molecule has 0 amide bonds. The number of aromatic hydroxyl groups is 1. The average Bonchev–Trinajstić information content (AvgIpc) is 2.51. The predicted molar refractivity (Wildman–Crippen MR) is 84.2 cm³/mol. The van der Waals surface area contributed by atoms with Crippen LogP contribution in [0.2, 0.25) is 0 Å². The second kappa shape index (κ2) is 6.01. The van der Waals surface area contributed by atoms with E-state index in [1.807, 2.05) is 18.2 Å². The van der Waals surface area contributed by atoms with Gasteiger partial charge in [-0.05, 0) is 23.8 Å². The molecule has 2 aromatic rings. The third-order valence-electron chi connectivity index (χ3n) is 3.88. The Balaban J connectivity index is 1.58. The molecule has 5 heteroatoms. The van der Waals surface area contributed by atoms with E-state index in [1.54, 1.807) is 24.5 Å². The number of rotatable bonds is 3. The Hall–Kier alpha value is -2.27. The largest absolute Gasteiger partial charge is 0.508 e. The van der Waals surface area contributed by atoms with Gasteiger partial charge in [0.25, 0.3) is 0 Å². The molecule has 0 spiro atoms. The molecule has 0 atom stereocenters. The first kappa shape index (κ1) is 13.7. The summed E-state index contributed by atoms with van der Waals surface area (Å²) in [6.45, 7) is 4.85. The van der Waals surface area contributed by atoms with E-state index >= 15 is 0 Å². The van der Waals surface area contributed by atoms with Crippen LogP contribution in [-0.4, -0.2) is 41.2 Å². The lowest BCUT2D eigenvalue weighted by molar-refractivity contribution is 0.250. The molecule has 0 bridgehead atoms. The van der Waals surface area contributed by atoms with Gasteiger partial charge in [0.2, 0.25) is 0 Å². The number of hydrogen-bond acceptors (Lipinski definition) is 5. The van der Waals surface area contributed by atoms with E-state index in [-0.39, 0.29) is 0 Å². The van der Waals surface area contributed by atoms with Gasteiger partial charge in [0.15, 0.2) is 0 Å². The minimum absolute atomic E-state index is 0.316. The summed E-state index contributed by atoms with van der Waals surface area (Å²) in [6, 6.07) is 9.41. The van der Waals surface area contributed by atoms with Crippen LogP contribution in [0.4, 0.5) is 11.4 Å². The summed E-state index contributed by atoms with van der Waals surface area (Å²) < 4.78 is 0. The van der Waals surface area contributed by atoms with Crippen molar-refractivity contribution in [3.63, 3.8) is 0 Å². The lowest BCUT2D eigenvalue weighted by Gasteiger charge is -2.36. The number of piperazine rings is 1. The smallest absolute Gasteiger partial charge is 0.115 e. The Morgan fingerprint density at radius 3 is 2.43 bits per heavy atom. The highest BCUT2D eigenvalue weighted by molar-refractivity contribution is 5.66. The first-order valence-electron chi connectivity index (χ1n) is 7.17. The van der Waals surface area contributed by atoms with Crippen LogP contribution in [0.25, 0.3) is 0 Å². The predicted octanol–water partition coefficient (Wildman–Crippen LogP) is 1.69. The Kier molecular flexibility index (Phi) is 3.92. The van der Waals surface area contributed by atoms with Gasteiger partial charge in [-0.15, -0.1) is 0 Å². The number of pyridine rings is 1. The number of nitrogens with zero attached hydrogens (tertiary/aromatic N) is 3. The molecule has 21 heavy (non-hydrogen) atoms. The standard InChI is InChI=1S/C16H20N4O/c17-15-11-18-6-5-16(15)20-9-7-19(8-10-20)12-13-1-3-14(21)4-2-13/h1-6,11,21H,7-10,12,17H2. The van der Waals surface area contributed by atoms with Crippen molar-refractivity contribution in [2.45, 2.75) is 6.54 Å². The summed E-state index contributed by atoms with van der Waals surface area (Å²) in [6.07, 6.45) is 3.49. The van der Waals surface area contributed by atoms with E-state index in [4.69, 9.17) is 5.73 Å². The van der Waals surface area contributed by atoms with Crippen LogP contribution in [-0.2, 0) is 6.54 Å². The van der Waals surface area contributed by atoms with Crippen molar-refractivity contribution >= 4 is 11.4 Å². The van der Waals surface area contributed by atoms with Crippen LogP contribution < -0.4 is 10.6 Å². The number of anilines is 2. The molecular weight excluding hydrogens is 264 g/mol. The first-order valence-corrected chi connectivity index (χ1v) is 7.17. The number of phenols is 1. The van der Waals surface area contributed by atoms with Crippen molar-refractivity contribution in [1.82, 2.24) is 9.88 Å². The molecule has 5 nitrogen and oxygen atoms in total. The van der Waals surface area contributed by atoms with E-state index in [0.717, 1.165) is 44.1 Å². The second-order valence-electron chi connectivity index (χ2n) is 5.36. The molecular formula is C16H20N4O. The molecule has 1 aliphatic heterocycles. The van der Waals surface area contributed by atoms with E-state index in [2.05, 4.69) is 14.8 Å². The second-order valence-corrected chi connectivity index (χ2v) is 5.36. The van der Waals surface area contributed by atoms with Crippen molar-refractivity contribution in [3.8, 4) is 5.75 Å². The minimum atomic E-state index is 0.316. The number of nitrogen functional groups attached to an aromatic ring is 1. The monoisotopic (exact) mass is 284 g/mol. The van der Waals surface area contributed by atoms with Crippen LogP contribution in [0.15, 0.2) is 42.7 Å². The van der Waals surface area contributed by atoms with Gasteiger partial charge in [-0.3, -0.25) is 9.88 Å². The maximum absolute atomic E-state index is 9.31. The molecule has 1 aromatic heterocycles. The van der Waals surface area contributed by atoms with Crippen LogP contribution in [0.1, 0.15) is 5.56 Å². The van der Waals surface area contributed by atoms with Crippen LogP contribution in [0.3, 0.4) is 0 Å². The van der Waals surface area contributed by atoms with Gasteiger partial charge in [-0.2, -0.15) is 0 Å². The zero-order chi connectivity index (χ0) is 14.7. The highest BCUT2D eigenvalue weighted by Crippen LogP contribution is 2.23. The maximum atomic E-state index is 9.31. The van der Waals surface area contributed by atoms with Crippen molar-refractivity contribution in [1.29, 1.82) is 0 Å². The van der Waals surface area contributed by atoms with E-state index in [0.29, 0.717) is 5.75 Å². The lowest BCUT2D eigenvalue weighted by Crippen LogP contribution is -2.46. The molecule has 0 saturated carbocycles. The average molecular weight is 284 g/mol. The highest BCUT2D eigenvalue weighted by Gasteiger charge is 2.18. The topological polar surface area (TPSA) is 65.6 Å². The molecule has 0 aliphatic carbocycles. The molecule has 1 aromatic carbocycles. The van der Waals surface area contributed by atoms with Crippen LogP contribution in [0.5, 0.6) is 5.75 Å². The zero-order valence-electron chi connectivity index (χ0n) is 11.9. The van der Waals surface area contributed by atoms with Crippen LogP contribution >= 0.6 is 0 Å². The fraction of sp³-hybridized carbons (Fsp3) is 0.312. The summed E-state index contributed by atoms with van der Waals surface area (Å²) in [5, 5.41) is 9.31. The molecule has 3 N–H and O–H groups in total. The Morgan fingerprint density at radius 2 is 1.76 bits per heavy atom. The Morgan fingerprint density at radius 1 is 1.05 bits per heavy atom. The van der Waals surface area contributed by atoms with Gasteiger partial charge < -0.3 is 15.7 Å². The SMILES string of the molecule is Nc1cnccc1N1CCN(Cc2ccc(O)cc2)CC1. The number of benzene rings is 1. The van der Waals surface area contributed by atoms with Crippen LogP contribution in [0, 0.1) is 0 Å². The molecule has 1 aliphatic rings. The van der Waals surface area contributed by atoms with Gasteiger partial charge >= 0.3 is 0 Å². The Labute approximate surface area is 124 Å². The fourth-order valence-corrected chi connectivity index (χ4v) is 2.69. The highest BCUT2D eigenvalue weighted by atomic mass is 16.3. The third kappa shape index (κ3) is 3.25. The molecule has 1 fully saturated rings. The van der Waals surface area contributed by atoms with Crippen molar-refractivity contribution in [2.24, 2.45) is 0 Å². The molecule has 110 valence electrons. The first-order chi connectivity index (χ1) is 10.2. The minimum Gasteiger partial charge on any atom is -0.508 e. The summed E-state index contributed by atoms with van der Waals surface area (Å²) in [5.74, 6) is 0.316. The van der Waals surface area contributed by atoms with E-state index < -0.39 is 0 Å². The summed E-state index contributed by atoms with van der Waals surface area (Å²) in [7, 11) is 0. The molecule has 1 saturated heterocycles. The fourth-order valence-electron chi connectivity index (χ4n) is 2.69. The van der Waals surface area contributed by atoms with Gasteiger partial charge in [-0.25, -0.2) is 0 Å². The van der Waals surface area contributed by atoms with Gasteiger partial charge in [0.05, 0.1) is 17.6 Å². The molecule has 0 radical (unpaired) electrons. The number of nitrogens with two attached hydrogens (primary N) is 1. The van der Waals surface area contributed by atoms with Crippen molar-refractivity contribution < 1.29 is 5.11 Å². The summed E-state index contributed by atoms with van der Waals surface area (Å²) >= 11 is 0. The molecule has 0 unspecified atom stereocenters. The van der Waals surface area contributed by atoms with E-state index in [9.17, 15) is 5.11 Å². The zero-order valence-corrected chi connectivity index (χ0v) is 11.9. The Bertz CT molecular complexity index is 591. The summed E-state index contributed by atoms with van der Waals surface area (Å²) in [5.41, 5.74) is 9.03. The number of phenolic OH excluding ortho intramolecular Hbond substituents is 1. The molecule has 2 heterocycles. The number of hydrogen-bond donors (Lipinski definition) is 2. The van der Waals surface area contributed by atoms with Gasteiger partial charge in [0.1, 0.15) is 5.75 Å². The normalized spacial score (nSPS) is 16.1. The van der Waals surface area contributed by atoms with Crippen molar-refractivity contribution in [2.75, 3.05) is 36.8 Å². The maximum Gasteiger partial charge on any atom is 0.115 e. The van der Waals surface area contributed by atoms with E-state index in [1.165, 1.54) is 5.56 Å². The third-order valence-corrected chi connectivity index (χ3v) is 3.88. The van der Waals surface area contributed by atoms with Crippen molar-refractivity contribution in [3.05, 3.63) is 48.3 Å². The quantitative estimate of drug-likeness (QED) is 0.898. The summed E-state index contributed by atoms with van der Waals surface area (Å²) in [4.78, 5) is 8.76. The van der Waals surface area contributed by atoms with Gasteiger partial charge in [-0.1, -0.05) is 12.1 Å².